The van der Waals surface area contributed by atoms with Crippen molar-refractivity contribution in [1.29, 1.82) is 0 Å². The van der Waals surface area contributed by atoms with E-state index in [1.807, 2.05) is 0 Å². The lowest BCUT2D eigenvalue weighted by molar-refractivity contribution is 0.101. The minimum Gasteiger partial charge on any atom is -0.469 e. The highest BCUT2D eigenvalue weighted by Gasteiger charge is 2.10. The molecule has 0 radical (unpaired) electrons. The van der Waals surface area contributed by atoms with Gasteiger partial charge in [0.05, 0.1) is 11.8 Å². The summed E-state index contributed by atoms with van der Waals surface area (Å²) in [5, 5.41) is 7.11. The van der Waals surface area contributed by atoms with Crippen molar-refractivity contribution >= 4 is 5.91 Å². The van der Waals surface area contributed by atoms with Crippen LogP contribution in [0.15, 0.2) is 29.4 Å². The van der Waals surface area contributed by atoms with Gasteiger partial charge in [0.25, 0.3) is 5.91 Å². The van der Waals surface area contributed by atoms with Crippen LogP contribution in [0.3, 0.4) is 0 Å². The predicted molar refractivity (Wildman–Crippen MR) is 47.2 cm³/mol. The van der Waals surface area contributed by atoms with Crippen molar-refractivity contribution in [3.63, 3.8) is 0 Å². The van der Waals surface area contributed by atoms with Crippen LogP contribution in [0.1, 0.15) is 16.1 Å². The number of carbonyl (C=O) groups is 1. The fourth-order valence-corrected chi connectivity index (χ4v) is 1.06. The molecule has 0 aliphatic carbocycles. The summed E-state index contributed by atoms with van der Waals surface area (Å²) in [6.07, 6.45) is 4.26. The van der Waals surface area contributed by atoms with E-state index in [1.165, 1.54) is 23.6 Å². The first kappa shape index (κ1) is 8.49. The molecule has 0 spiro atoms. The van der Waals surface area contributed by atoms with Gasteiger partial charge in [0.2, 0.25) is 0 Å². The Kier molecular flexibility index (Phi) is 2.02. The lowest BCUT2D eigenvalue weighted by Gasteiger charge is -2.02. The summed E-state index contributed by atoms with van der Waals surface area (Å²) < 4.78 is 6.37. The Morgan fingerprint density at radius 2 is 2.21 bits per heavy atom. The van der Waals surface area contributed by atoms with E-state index in [4.69, 9.17) is 4.42 Å². The fraction of sp³-hybridized carbons (Fsp3) is 0.125. The molecule has 0 fully saturated rings. The Balaban J connectivity index is 2.14. The Hall–Kier alpha value is -2.11. The van der Waals surface area contributed by atoms with Crippen molar-refractivity contribution in [2.45, 2.75) is 6.92 Å². The third-order valence-corrected chi connectivity index (χ3v) is 1.75. The smallest absolute Gasteiger partial charge is 0.273 e. The molecule has 2 aromatic rings. The standard InChI is InChI=1S/C8H8N4O2/c1-6-7(2-3-14-6)8(13)11-12-4-9-10-5-12/h2-5H,1H3,(H,11,13). The van der Waals surface area contributed by atoms with Crippen LogP contribution in [0.2, 0.25) is 0 Å². The highest BCUT2D eigenvalue weighted by atomic mass is 16.3. The van der Waals surface area contributed by atoms with Crippen molar-refractivity contribution < 1.29 is 9.21 Å². The first-order chi connectivity index (χ1) is 6.77. The SMILES string of the molecule is Cc1occc1C(=O)Nn1cnnc1. The maximum atomic E-state index is 11.5. The lowest BCUT2D eigenvalue weighted by atomic mass is 10.2. The number of carbonyl (C=O) groups excluding carboxylic acids is 1. The number of hydrogen-bond donors (Lipinski definition) is 1. The van der Waals surface area contributed by atoms with Gasteiger partial charge in [0, 0.05) is 0 Å². The normalized spacial score (nSPS) is 10.1. The van der Waals surface area contributed by atoms with Crippen LogP contribution < -0.4 is 5.43 Å². The van der Waals surface area contributed by atoms with Gasteiger partial charge in [-0.15, -0.1) is 10.2 Å². The molecule has 14 heavy (non-hydrogen) atoms. The fourth-order valence-electron chi connectivity index (χ4n) is 1.06. The van der Waals surface area contributed by atoms with Crippen LogP contribution in [0, 0.1) is 6.92 Å². The van der Waals surface area contributed by atoms with E-state index in [1.54, 1.807) is 13.0 Å². The van der Waals surface area contributed by atoms with Crippen molar-refractivity contribution in [1.82, 2.24) is 14.9 Å². The Labute approximate surface area is 79.5 Å². The minimum atomic E-state index is -0.254. The number of furan rings is 1. The van der Waals surface area contributed by atoms with Gasteiger partial charge in [-0.2, -0.15) is 0 Å². The van der Waals surface area contributed by atoms with Gasteiger partial charge < -0.3 is 4.42 Å². The van der Waals surface area contributed by atoms with E-state index in [2.05, 4.69) is 15.6 Å². The summed E-state index contributed by atoms with van der Waals surface area (Å²) in [5.74, 6) is 0.326. The molecule has 0 bridgehead atoms. The average Bonchev–Trinajstić information content (AvgIpc) is 2.75. The van der Waals surface area contributed by atoms with Gasteiger partial charge in [-0.3, -0.25) is 10.2 Å². The van der Waals surface area contributed by atoms with Gasteiger partial charge >= 0.3 is 0 Å². The summed E-state index contributed by atoms with van der Waals surface area (Å²) in [4.78, 5) is 11.5. The van der Waals surface area contributed by atoms with E-state index < -0.39 is 0 Å². The third-order valence-electron chi connectivity index (χ3n) is 1.75. The van der Waals surface area contributed by atoms with Crippen LogP contribution in [0.5, 0.6) is 0 Å². The average molecular weight is 192 g/mol. The first-order valence-corrected chi connectivity index (χ1v) is 3.97. The van der Waals surface area contributed by atoms with Crippen molar-refractivity contribution in [3.05, 3.63) is 36.3 Å². The molecule has 0 saturated carbocycles. The second-order valence-electron chi connectivity index (χ2n) is 2.70. The van der Waals surface area contributed by atoms with E-state index >= 15 is 0 Å². The van der Waals surface area contributed by atoms with Crippen LogP contribution in [0.4, 0.5) is 0 Å². The largest absolute Gasteiger partial charge is 0.469 e. The number of rotatable bonds is 2. The number of nitrogens with zero attached hydrogens (tertiary/aromatic N) is 3. The molecule has 0 aliphatic rings. The molecule has 0 aliphatic heterocycles. The molecule has 2 aromatic heterocycles. The topological polar surface area (TPSA) is 73.0 Å². The highest BCUT2D eigenvalue weighted by Crippen LogP contribution is 2.08. The monoisotopic (exact) mass is 192 g/mol. The number of aryl methyl sites for hydroxylation is 1. The second kappa shape index (κ2) is 3.33. The molecule has 72 valence electrons. The minimum absolute atomic E-state index is 0.254. The lowest BCUT2D eigenvalue weighted by Crippen LogP contribution is -2.21. The molecule has 2 heterocycles. The second-order valence-corrected chi connectivity index (χ2v) is 2.70. The number of hydrogen-bond acceptors (Lipinski definition) is 4. The first-order valence-electron chi connectivity index (χ1n) is 3.97. The molecule has 2 rings (SSSR count). The van der Waals surface area contributed by atoms with Gasteiger partial charge in [-0.05, 0) is 13.0 Å². The summed E-state index contributed by atoms with van der Waals surface area (Å²) >= 11 is 0. The number of amides is 1. The predicted octanol–water partition coefficient (Wildman–Crippen LogP) is 0.563. The molecule has 0 saturated heterocycles. The molecule has 6 nitrogen and oxygen atoms in total. The highest BCUT2D eigenvalue weighted by molar-refractivity contribution is 6.00. The van der Waals surface area contributed by atoms with Crippen molar-refractivity contribution in [2.75, 3.05) is 5.43 Å². The maximum absolute atomic E-state index is 11.5. The van der Waals surface area contributed by atoms with Gasteiger partial charge in [0.1, 0.15) is 18.4 Å². The third kappa shape index (κ3) is 1.49. The van der Waals surface area contributed by atoms with E-state index in [9.17, 15) is 4.79 Å². The van der Waals surface area contributed by atoms with Gasteiger partial charge in [-0.1, -0.05) is 0 Å². The molecule has 1 amide bonds. The Morgan fingerprint density at radius 3 is 2.79 bits per heavy atom. The van der Waals surface area contributed by atoms with Crippen LogP contribution in [-0.2, 0) is 0 Å². The van der Waals surface area contributed by atoms with Crippen LogP contribution in [0.25, 0.3) is 0 Å². The van der Waals surface area contributed by atoms with Gasteiger partial charge in [-0.25, -0.2) is 4.68 Å². The molecule has 0 atom stereocenters. The molecular formula is C8H8N4O2. The molecule has 1 N–H and O–H groups in total. The Bertz CT molecular complexity index is 432. The van der Waals surface area contributed by atoms with E-state index in [-0.39, 0.29) is 5.91 Å². The summed E-state index contributed by atoms with van der Waals surface area (Å²) in [7, 11) is 0. The summed E-state index contributed by atoms with van der Waals surface area (Å²) in [5.41, 5.74) is 3.06. The molecular weight excluding hydrogens is 184 g/mol. The quantitative estimate of drug-likeness (QED) is 0.754. The van der Waals surface area contributed by atoms with E-state index in [0.717, 1.165) is 0 Å². The zero-order valence-electron chi connectivity index (χ0n) is 7.47. The molecule has 0 aromatic carbocycles. The van der Waals surface area contributed by atoms with E-state index in [0.29, 0.717) is 11.3 Å². The number of aromatic nitrogens is 3. The zero-order chi connectivity index (χ0) is 9.97. The van der Waals surface area contributed by atoms with Gasteiger partial charge in [0.15, 0.2) is 0 Å². The van der Waals surface area contributed by atoms with Crippen LogP contribution in [-0.4, -0.2) is 20.8 Å². The molecule has 6 heteroatoms. The zero-order valence-corrected chi connectivity index (χ0v) is 7.47. The molecule has 0 unspecified atom stereocenters. The summed E-state index contributed by atoms with van der Waals surface area (Å²) in [6, 6.07) is 1.61. The van der Waals surface area contributed by atoms with Crippen LogP contribution >= 0.6 is 0 Å². The van der Waals surface area contributed by atoms with Crippen molar-refractivity contribution in [3.8, 4) is 0 Å². The maximum Gasteiger partial charge on any atom is 0.273 e. The van der Waals surface area contributed by atoms with Crippen molar-refractivity contribution in [2.24, 2.45) is 0 Å². The summed E-state index contributed by atoms with van der Waals surface area (Å²) in [6.45, 7) is 1.72. The Morgan fingerprint density at radius 1 is 1.50 bits per heavy atom. The number of nitrogens with one attached hydrogen (secondary N) is 1.